The number of nitrogens with one attached hydrogen (secondary N) is 1. The molecule has 21 heavy (non-hydrogen) atoms. The Bertz CT molecular complexity index is 453. The maximum Gasteiger partial charge on any atom is 0.188 e. The van der Waals surface area contributed by atoms with Crippen molar-refractivity contribution in [1.29, 1.82) is 0 Å². The van der Waals surface area contributed by atoms with E-state index in [1.165, 1.54) is 12.8 Å². The molecule has 0 aromatic heterocycles. The van der Waals surface area contributed by atoms with Crippen molar-refractivity contribution >= 4 is 5.96 Å². The van der Waals surface area contributed by atoms with Crippen LogP contribution in [0.25, 0.3) is 0 Å². The van der Waals surface area contributed by atoms with Crippen LogP contribution < -0.4 is 15.8 Å². The van der Waals surface area contributed by atoms with E-state index in [-0.39, 0.29) is 0 Å². The van der Waals surface area contributed by atoms with Gasteiger partial charge >= 0.3 is 0 Å². The van der Waals surface area contributed by atoms with Crippen LogP contribution in [0.5, 0.6) is 5.75 Å². The summed E-state index contributed by atoms with van der Waals surface area (Å²) in [6, 6.07) is 8.13. The summed E-state index contributed by atoms with van der Waals surface area (Å²) in [7, 11) is 0. The van der Waals surface area contributed by atoms with Crippen LogP contribution in [-0.2, 0) is 6.54 Å². The van der Waals surface area contributed by atoms with Gasteiger partial charge in [-0.1, -0.05) is 31.5 Å². The number of ether oxygens (including phenoxy) is 1. The molecule has 4 nitrogen and oxygen atoms in total. The fourth-order valence-corrected chi connectivity index (χ4v) is 2.55. The Kier molecular flexibility index (Phi) is 6.38. The van der Waals surface area contributed by atoms with Crippen molar-refractivity contribution in [2.75, 3.05) is 6.54 Å². The first kappa shape index (κ1) is 15.7. The monoisotopic (exact) mass is 289 g/mol. The van der Waals surface area contributed by atoms with Crippen LogP contribution >= 0.6 is 0 Å². The lowest BCUT2D eigenvalue weighted by Gasteiger charge is -2.15. The number of para-hydroxylation sites is 1. The van der Waals surface area contributed by atoms with Crippen LogP contribution in [-0.4, -0.2) is 18.6 Å². The predicted molar refractivity (Wildman–Crippen MR) is 87.6 cm³/mol. The molecule has 0 amide bonds. The van der Waals surface area contributed by atoms with Crippen LogP contribution in [0.2, 0.25) is 0 Å². The maximum atomic E-state index is 6.11. The first-order valence-corrected chi connectivity index (χ1v) is 8.08. The van der Waals surface area contributed by atoms with Gasteiger partial charge in [-0.25, -0.2) is 4.99 Å². The molecule has 1 saturated carbocycles. The van der Waals surface area contributed by atoms with Gasteiger partial charge in [0.15, 0.2) is 5.96 Å². The third-order valence-electron chi connectivity index (χ3n) is 3.82. The molecule has 1 aromatic carbocycles. The number of unbranched alkanes of at least 4 members (excludes halogenated alkanes) is 1. The number of aliphatic imine (C=N–C) groups is 1. The van der Waals surface area contributed by atoms with Gasteiger partial charge in [-0.3, -0.25) is 0 Å². The zero-order valence-electron chi connectivity index (χ0n) is 13.0. The summed E-state index contributed by atoms with van der Waals surface area (Å²) in [6.45, 7) is 3.60. The molecule has 1 aliphatic rings. The van der Waals surface area contributed by atoms with Gasteiger partial charge in [0.25, 0.3) is 0 Å². The van der Waals surface area contributed by atoms with E-state index in [0.29, 0.717) is 18.6 Å². The molecule has 3 N–H and O–H groups in total. The Hall–Kier alpha value is -1.71. The molecular formula is C17H27N3O. The minimum absolute atomic E-state index is 0.371. The molecule has 2 rings (SSSR count). The van der Waals surface area contributed by atoms with E-state index in [1.54, 1.807) is 0 Å². The summed E-state index contributed by atoms with van der Waals surface area (Å²) in [5, 5.41) is 3.13. The van der Waals surface area contributed by atoms with Crippen molar-refractivity contribution in [3.8, 4) is 5.75 Å². The number of hydrogen-bond donors (Lipinski definition) is 2. The molecule has 4 heteroatoms. The summed E-state index contributed by atoms with van der Waals surface area (Å²) >= 11 is 0. The van der Waals surface area contributed by atoms with E-state index in [4.69, 9.17) is 10.5 Å². The Morgan fingerprint density at radius 3 is 2.86 bits per heavy atom. The fourth-order valence-electron chi connectivity index (χ4n) is 2.55. The second-order valence-electron chi connectivity index (χ2n) is 5.61. The van der Waals surface area contributed by atoms with Crippen LogP contribution in [0.4, 0.5) is 0 Å². The number of nitrogens with zero attached hydrogens (tertiary/aromatic N) is 1. The second-order valence-corrected chi connectivity index (χ2v) is 5.61. The lowest BCUT2D eigenvalue weighted by Crippen LogP contribution is -2.32. The summed E-state index contributed by atoms with van der Waals surface area (Å²) < 4.78 is 6.11. The third kappa shape index (κ3) is 5.29. The predicted octanol–water partition coefficient (Wildman–Crippen LogP) is 3.21. The largest absolute Gasteiger partial charge is 0.490 e. The van der Waals surface area contributed by atoms with Crippen molar-refractivity contribution in [2.24, 2.45) is 10.7 Å². The number of hydrogen-bond acceptors (Lipinski definition) is 2. The Morgan fingerprint density at radius 1 is 1.33 bits per heavy atom. The van der Waals surface area contributed by atoms with Gasteiger partial charge in [0.2, 0.25) is 0 Å². The quantitative estimate of drug-likeness (QED) is 0.460. The SMILES string of the molecule is CCCCNC(N)=NCc1ccccc1OC1CCCC1. The van der Waals surface area contributed by atoms with Crippen LogP contribution in [0, 0.1) is 0 Å². The van der Waals surface area contributed by atoms with Gasteiger partial charge in [-0.05, 0) is 38.2 Å². The minimum atomic E-state index is 0.371. The highest BCUT2D eigenvalue weighted by atomic mass is 16.5. The first-order valence-electron chi connectivity index (χ1n) is 8.08. The number of guanidine groups is 1. The van der Waals surface area contributed by atoms with Gasteiger partial charge in [0.05, 0.1) is 12.6 Å². The van der Waals surface area contributed by atoms with E-state index in [0.717, 1.165) is 43.5 Å². The highest BCUT2D eigenvalue weighted by Gasteiger charge is 2.17. The molecule has 0 radical (unpaired) electrons. The molecular weight excluding hydrogens is 262 g/mol. The minimum Gasteiger partial charge on any atom is -0.490 e. The molecule has 1 aliphatic carbocycles. The van der Waals surface area contributed by atoms with Crippen molar-refractivity contribution in [3.05, 3.63) is 29.8 Å². The zero-order valence-corrected chi connectivity index (χ0v) is 13.0. The molecule has 0 unspecified atom stereocenters. The topological polar surface area (TPSA) is 59.6 Å². The molecule has 1 aromatic rings. The van der Waals surface area contributed by atoms with Gasteiger partial charge in [0, 0.05) is 12.1 Å². The van der Waals surface area contributed by atoms with Gasteiger partial charge in [-0.2, -0.15) is 0 Å². The normalized spacial score (nSPS) is 16.1. The van der Waals surface area contributed by atoms with E-state index >= 15 is 0 Å². The van der Waals surface area contributed by atoms with Gasteiger partial charge < -0.3 is 15.8 Å². The molecule has 116 valence electrons. The smallest absolute Gasteiger partial charge is 0.188 e. The molecule has 0 aliphatic heterocycles. The molecule has 0 atom stereocenters. The Morgan fingerprint density at radius 2 is 2.10 bits per heavy atom. The Balaban J connectivity index is 1.91. The number of rotatable bonds is 7. The van der Waals surface area contributed by atoms with Crippen LogP contribution in [0.1, 0.15) is 51.0 Å². The summed E-state index contributed by atoms with van der Waals surface area (Å²) in [6.07, 6.45) is 7.51. The van der Waals surface area contributed by atoms with Gasteiger partial charge in [0.1, 0.15) is 5.75 Å². The third-order valence-corrected chi connectivity index (χ3v) is 3.82. The highest BCUT2D eigenvalue weighted by molar-refractivity contribution is 5.77. The Labute approximate surface area is 127 Å². The van der Waals surface area contributed by atoms with Crippen molar-refractivity contribution in [2.45, 2.75) is 58.1 Å². The average Bonchev–Trinajstić information content (AvgIpc) is 3.00. The lowest BCUT2D eigenvalue weighted by molar-refractivity contribution is 0.208. The van der Waals surface area contributed by atoms with E-state index < -0.39 is 0 Å². The van der Waals surface area contributed by atoms with Crippen molar-refractivity contribution in [3.63, 3.8) is 0 Å². The fraction of sp³-hybridized carbons (Fsp3) is 0.588. The zero-order chi connectivity index (χ0) is 14.9. The molecule has 0 bridgehead atoms. The first-order chi connectivity index (χ1) is 10.3. The summed E-state index contributed by atoms with van der Waals surface area (Å²) in [4.78, 5) is 4.40. The maximum absolute atomic E-state index is 6.11. The van der Waals surface area contributed by atoms with Crippen molar-refractivity contribution in [1.82, 2.24) is 5.32 Å². The average molecular weight is 289 g/mol. The molecule has 1 fully saturated rings. The number of benzene rings is 1. The molecule has 0 spiro atoms. The van der Waals surface area contributed by atoms with Crippen LogP contribution in [0.15, 0.2) is 29.3 Å². The molecule has 0 saturated heterocycles. The second kappa shape index (κ2) is 8.55. The van der Waals surface area contributed by atoms with E-state index in [9.17, 15) is 0 Å². The number of nitrogens with two attached hydrogens (primary N) is 1. The molecule has 0 heterocycles. The summed E-state index contributed by atoms with van der Waals surface area (Å²) in [5.41, 5.74) is 6.98. The van der Waals surface area contributed by atoms with Gasteiger partial charge in [-0.15, -0.1) is 0 Å². The van der Waals surface area contributed by atoms with E-state index in [1.807, 2.05) is 18.2 Å². The lowest BCUT2D eigenvalue weighted by atomic mass is 10.2. The standard InChI is InChI=1S/C17H27N3O/c1-2-3-12-19-17(18)20-13-14-8-4-7-11-16(14)21-15-9-5-6-10-15/h4,7-8,11,15H,2-3,5-6,9-10,12-13H2,1H3,(H3,18,19,20). The summed E-state index contributed by atoms with van der Waals surface area (Å²) in [5.74, 6) is 1.47. The highest BCUT2D eigenvalue weighted by Crippen LogP contribution is 2.26. The van der Waals surface area contributed by atoms with Crippen LogP contribution in [0.3, 0.4) is 0 Å². The van der Waals surface area contributed by atoms with E-state index in [2.05, 4.69) is 23.3 Å². The van der Waals surface area contributed by atoms with Crippen molar-refractivity contribution < 1.29 is 4.74 Å².